The van der Waals surface area contributed by atoms with Crippen LogP contribution in [0.4, 0.5) is 0 Å². The summed E-state index contributed by atoms with van der Waals surface area (Å²) in [6.45, 7) is 1.90. The molecule has 0 saturated carbocycles. The van der Waals surface area contributed by atoms with Crippen molar-refractivity contribution >= 4 is 18.5 Å². The van der Waals surface area contributed by atoms with Crippen LogP contribution in [0.15, 0.2) is 89.8 Å². The van der Waals surface area contributed by atoms with E-state index in [2.05, 4.69) is 29.0 Å². The molecule has 0 heterocycles. The maximum absolute atomic E-state index is 12.6. The number of hydrogen-bond acceptors (Lipinski definition) is 3. The van der Waals surface area contributed by atoms with Gasteiger partial charge in [0.2, 0.25) is 10.0 Å². The van der Waals surface area contributed by atoms with Crippen LogP contribution >= 0.6 is 8.46 Å². The van der Waals surface area contributed by atoms with Gasteiger partial charge in [-0.05, 0) is 43.0 Å². The maximum atomic E-state index is 12.6. The zero-order valence-corrected chi connectivity index (χ0v) is 17.9. The molecule has 0 spiro atoms. The molecule has 0 bridgehead atoms. The Balaban J connectivity index is 1.75. The highest BCUT2D eigenvalue weighted by Crippen LogP contribution is 2.31. The smallest absolute Gasteiger partial charge is 0.241 e. The summed E-state index contributed by atoms with van der Waals surface area (Å²) in [4.78, 5) is 0.180. The van der Waals surface area contributed by atoms with Crippen LogP contribution in [0.5, 0.6) is 0 Å². The van der Waals surface area contributed by atoms with Crippen molar-refractivity contribution in [2.45, 2.75) is 36.4 Å². The summed E-state index contributed by atoms with van der Waals surface area (Å²) in [7, 11) is -3.96. The van der Waals surface area contributed by atoms with Gasteiger partial charge in [0.1, 0.15) is 5.78 Å². The molecule has 0 saturated heterocycles. The summed E-state index contributed by atoms with van der Waals surface area (Å²) in [6, 6.07) is 26.8. The Bertz CT molecular complexity index is 983. The molecule has 3 aromatic carbocycles. The van der Waals surface area contributed by atoms with E-state index in [-0.39, 0.29) is 19.3 Å². The minimum absolute atomic E-state index is 0.102. The Labute approximate surface area is 174 Å². The molecule has 150 valence electrons. The summed E-state index contributed by atoms with van der Waals surface area (Å²) < 4.78 is 39.6. The zero-order chi connectivity index (χ0) is 20.7. The second-order valence-electron chi connectivity index (χ2n) is 7.01. The Morgan fingerprint density at radius 1 is 0.793 bits per heavy atom. The average molecular weight is 425 g/mol. The van der Waals surface area contributed by atoms with Crippen molar-refractivity contribution in [1.82, 2.24) is 4.72 Å². The lowest BCUT2D eigenvalue weighted by molar-refractivity contribution is 0.545. The predicted octanol–water partition coefficient (Wildman–Crippen LogP) is 5.50. The minimum atomic E-state index is -3.72. The van der Waals surface area contributed by atoms with Gasteiger partial charge in [-0.15, -0.1) is 0 Å². The van der Waals surface area contributed by atoms with E-state index in [1.807, 2.05) is 43.3 Å². The number of rotatable bonds is 9. The normalized spacial score (nSPS) is 12.9. The first-order valence-electron chi connectivity index (χ1n) is 9.51. The fraction of sp³-hybridized carbons (Fsp3) is 0.217. The van der Waals surface area contributed by atoms with E-state index >= 15 is 0 Å². The molecule has 0 fully saturated rings. The largest absolute Gasteiger partial charge is 0.273 e. The molecule has 0 radical (unpaired) electrons. The molecular formula is C23H24NO3PS. The fourth-order valence-corrected chi connectivity index (χ4v) is 5.27. The average Bonchev–Trinajstić information content (AvgIpc) is 2.75. The molecule has 4 nitrogen and oxygen atoms in total. The minimum Gasteiger partial charge on any atom is -0.273 e. The standard InChI is InChI=1S/C23H24NO3PS/c1-18-12-14-21(15-13-18)29(26,27)24-23(28-25)17-16-22(19-8-4-2-5-9-19)20-10-6-3-7-11-20/h2-15,22-24H,16-17H2,1H3. The first kappa shape index (κ1) is 21.4. The quantitative estimate of drug-likeness (QED) is 0.460. The Kier molecular flexibility index (Phi) is 7.32. The first-order chi connectivity index (χ1) is 14.0. The molecule has 1 unspecified atom stereocenters. The number of benzene rings is 3. The molecule has 1 N–H and O–H groups in total. The summed E-state index contributed by atoms with van der Waals surface area (Å²) in [5.74, 6) is -0.582. The van der Waals surface area contributed by atoms with Crippen molar-refractivity contribution < 1.29 is 13.0 Å². The van der Waals surface area contributed by atoms with Crippen LogP contribution in [-0.2, 0) is 14.6 Å². The zero-order valence-electron chi connectivity index (χ0n) is 16.2. The second-order valence-corrected chi connectivity index (χ2v) is 9.55. The number of sulfonamides is 1. The van der Waals surface area contributed by atoms with Gasteiger partial charge in [-0.1, -0.05) is 78.4 Å². The van der Waals surface area contributed by atoms with Crippen LogP contribution in [0.3, 0.4) is 0 Å². The molecule has 1 atom stereocenters. The topological polar surface area (TPSA) is 63.2 Å². The predicted molar refractivity (Wildman–Crippen MR) is 117 cm³/mol. The molecular weight excluding hydrogens is 401 g/mol. The molecule has 3 rings (SSSR count). The molecule has 0 aliphatic rings. The second kappa shape index (κ2) is 9.93. The summed E-state index contributed by atoms with van der Waals surface area (Å²) >= 11 is 0. The highest BCUT2D eigenvalue weighted by Gasteiger charge is 2.22. The van der Waals surface area contributed by atoms with Gasteiger partial charge >= 0.3 is 0 Å². The number of aryl methyl sites for hydroxylation is 1. The van der Waals surface area contributed by atoms with Crippen LogP contribution in [0.2, 0.25) is 0 Å². The first-order valence-corrected chi connectivity index (χ1v) is 11.9. The Morgan fingerprint density at radius 3 is 1.79 bits per heavy atom. The van der Waals surface area contributed by atoms with Crippen LogP contribution in [0, 0.1) is 6.92 Å². The maximum Gasteiger partial charge on any atom is 0.241 e. The van der Waals surface area contributed by atoms with E-state index in [9.17, 15) is 13.0 Å². The van der Waals surface area contributed by atoms with Gasteiger partial charge < -0.3 is 0 Å². The van der Waals surface area contributed by atoms with Crippen molar-refractivity contribution in [3.63, 3.8) is 0 Å². The van der Waals surface area contributed by atoms with Gasteiger partial charge in [0, 0.05) is 5.92 Å². The molecule has 0 aromatic heterocycles. The van der Waals surface area contributed by atoms with E-state index in [1.165, 1.54) is 0 Å². The molecule has 3 aromatic rings. The summed E-state index contributed by atoms with van der Waals surface area (Å²) in [5.41, 5.74) is 3.29. The van der Waals surface area contributed by atoms with Crippen molar-refractivity contribution in [1.29, 1.82) is 0 Å². The molecule has 29 heavy (non-hydrogen) atoms. The van der Waals surface area contributed by atoms with Gasteiger partial charge in [-0.2, -0.15) is 4.72 Å². The van der Waals surface area contributed by atoms with Gasteiger partial charge in [0.15, 0.2) is 8.46 Å². The van der Waals surface area contributed by atoms with Gasteiger partial charge in [-0.25, -0.2) is 8.42 Å². The van der Waals surface area contributed by atoms with E-state index in [1.54, 1.807) is 24.3 Å². The van der Waals surface area contributed by atoms with Crippen LogP contribution in [-0.4, -0.2) is 14.2 Å². The number of hydrogen-bond donors (Lipinski definition) is 1. The molecule has 0 aliphatic carbocycles. The van der Waals surface area contributed by atoms with E-state index in [0.29, 0.717) is 12.8 Å². The van der Waals surface area contributed by atoms with Crippen LogP contribution in [0.25, 0.3) is 0 Å². The SMILES string of the molecule is Cc1ccc(S(=O)(=O)NC(CCC(c2ccccc2)c2ccccc2)P=O)cc1. The molecule has 6 heteroatoms. The van der Waals surface area contributed by atoms with Crippen molar-refractivity contribution in [2.75, 3.05) is 0 Å². The van der Waals surface area contributed by atoms with E-state index < -0.39 is 15.8 Å². The molecule has 0 aliphatic heterocycles. The Hall–Kier alpha value is -2.33. The van der Waals surface area contributed by atoms with Gasteiger partial charge in [0.05, 0.1) is 4.90 Å². The van der Waals surface area contributed by atoms with Crippen molar-refractivity contribution in [3.05, 3.63) is 102 Å². The summed E-state index contributed by atoms with van der Waals surface area (Å²) in [5, 5.41) is 0. The highest BCUT2D eigenvalue weighted by atomic mass is 32.2. The number of nitrogens with one attached hydrogen (secondary N) is 1. The van der Waals surface area contributed by atoms with Crippen LogP contribution in [0.1, 0.15) is 35.4 Å². The fourth-order valence-electron chi connectivity index (χ4n) is 3.32. The third-order valence-corrected chi connectivity index (χ3v) is 7.19. The van der Waals surface area contributed by atoms with Gasteiger partial charge in [0.25, 0.3) is 0 Å². The highest BCUT2D eigenvalue weighted by molar-refractivity contribution is 7.89. The van der Waals surface area contributed by atoms with E-state index in [0.717, 1.165) is 16.7 Å². The third-order valence-electron chi connectivity index (χ3n) is 4.88. The lowest BCUT2D eigenvalue weighted by Crippen LogP contribution is -2.31. The third kappa shape index (κ3) is 5.83. The molecule has 0 amide bonds. The summed E-state index contributed by atoms with van der Waals surface area (Å²) in [6.07, 6.45) is 1.12. The lowest BCUT2D eigenvalue weighted by atomic mass is 9.87. The Morgan fingerprint density at radius 2 is 1.31 bits per heavy atom. The van der Waals surface area contributed by atoms with Crippen molar-refractivity contribution in [3.8, 4) is 0 Å². The van der Waals surface area contributed by atoms with Crippen molar-refractivity contribution in [2.24, 2.45) is 0 Å². The van der Waals surface area contributed by atoms with Crippen LogP contribution < -0.4 is 4.72 Å². The van der Waals surface area contributed by atoms with Gasteiger partial charge in [-0.3, -0.25) is 4.57 Å². The lowest BCUT2D eigenvalue weighted by Gasteiger charge is -2.20. The van der Waals surface area contributed by atoms with E-state index in [4.69, 9.17) is 0 Å². The monoisotopic (exact) mass is 425 g/mol.